The number of aromatic nitrogens is 4. The van der Waals surface area contributed by atoms with Gasteiger partial charge in [-0.3, -0.25) is 9.48 Å². The van der Waals surface area contributed by atoms with Gasteiger partial charge in [-0.05, 0) is 31.5 Å². The van der Waals surface area contributed by atoms with Crippen LogP contribution in [0, 0.1) is 0 Å². The summed E-state index contributed by atoms with van der Waals surface area (Å²) in [7, 11) is 0. The summed E-state index contributed by atoms with van der Waals surface area (Å²) in [6.45, 7) is 5.27. The highest BCUT2D eigenvalue weighted by Crippen LogP contribution is 2.23. The summed E-state index contributed by atoms with van der Waals surface area (Å²) >= 11 is 0. The number of rotatable bonds is 4. The molecule has 4 heterocycles. The first-order chi connectivity index (χ1) is 12.8. The number of piperidine rings is 1. The number of carbonyl (C=O) groups is 1. The van der Waals surface area contributed by atoms with Crippen molar-refractivity contribution in [2.24, 2.45) is 0 Å². The number of amides is 1. The molecule has 2 aromatic rings. The molecule has 8 heteroatoms. The Kier molecular flexibility index (Phi) is 5.10. The summed E-state index contributed by atoms with van der Waals surface area (Å²) in [6.07, 6.45) is 7.64. The topological polar surface area (TPSA) is 79.2 Å². The van der Waals surface area contributed by atoms with Gasteiger partial charge in [0, 0.05) is 62.9 Å². The van der Waals surface area contributed by atoms with Crippen molar-refractivity contribution in [3.05, 3.63) is 36.4 Å². The third-order valence-electron chi connectivity index (χ3n) is 5.22. The van der Waals surface area contributed by atoms with Crippen LogP contribution >= 0.6 is 0 Å². The fourth-order valence-electron chi connectivity index (χ4n) is 3.76. The van der Waals surface area contributed by atoms with Gasteiger partial charge in [0.2, 0.25) is 11.9 Å². The lowest BCUT2D eigenvalue weighted by Crippen LogP contribution is -2.50. The van der Waals surface area contributed by atoms with E-state index in [2.05, 4.69) is 31.3 Å². The third-order valence-corrected chi connectivity index (χ3v) is 5.22. The van der Waals surface area contributed by atoms with E-state index < -0.39 is 0 Å². The van der Waals surface area contributed by atoms with Crippen LogP contribution in [0.4, 0.5) is 5.95 Å². The highest BCUT2D eigenvalue weighted by Gasteiger charge is 2.25. The maximum Gasteiger partial charge on any atom is 0.244 e. The second kappa shape index (κ2) is 7.82. The van der Waals surface area contributed by atoms with E-state index in [1.54, 1.807) is 12.4 Å². The first-order valence-electron chi connectivity index (χ1n) is 9.33. The predicted molar refractivity (Wildman–Crippen MR) is 97.9 cm³/mol. The first-order valence-corrected chi connectivity index (χ1v) is 9.33. The minimum absolute atomic E-state index is 0.132. The van der Waals surface area contributed by atoms with Crippen LogP contribution in [0.1, 0.15) is 24.5 Å². The van der Waals surface area contributed by atoms with Crippen LogP contribution in [0.5, 0.6) is 0 Å². The summed E-state index contributed by atoms with van der Waals surface area (Å²) in [4.78, 5) is 25.4. The summed E-state index contributed by atoms with van der Waals surface area (Å²) < 4.78 is 1.88. The Bertz CT molecular complexity index is 718. The quantitative estimate of drug-likeness (QED) is 0.860. The molecule has 0 spiro atoms. The Labute approximate surface area is 153 Å². The van der Waals surface area contributed by atoms with Gasteiger partial charge in [-0.1, -0.05) is 0 Å². The molecule has 4 rings (SSSR count). The zero-order valence-corrected chi connectivity index (χ0v) is 14.9. The number of hydrogen-bond donors (Lipinski definition) is 1. The molecule has 1 atom stereocenters. The minimum Gasteiger partial charge on any atom is -0.338 e. The zero-order chi connectivity index (χ0) is 17.8. The van der Waals surface area contributed by atoms with E-state index in [1.165, 1.54) is 12.1 Å². The van der Waals surface area contributed by atoms with E-state index in [9.17, 15) is 4.79 Å². The average molecular weight is 355 g/mol. The van der Waals surface area contributed by atoms with Crippen LogP contribution < -0.4 is 10.2 Å². The molecule has 2 saturated heterocycles. The van der Waals surface area contributed by atoms with Gasteiger partial charge in [0.25, 0.3) is 0 Å². The second-order valence-electron chi connectivity index (χ2n) is 6.87. The van der Waals surface area contributed by atoms with Crippen molar-refractivity contribution in [3.8, 4) is 0 Å². The molecular weight excluding hydrogens is 330 g/mol. The molecule has 138 valence electrons. The number of anilines is 1. The molecule has 1 amide bonds. The standard InChI is InChI=1S/C18H25N7O/c26-17(14-25-16(4-8-22-25)15-3-1-5-19-13-15)23-9-11-24(12-10-23)18-20-6-2-7-21-18/h2,4,6-8,15,19H,1,3,5,9-14H2/t15-/m1/s1. The Hall–Kier alpha value is -2.48. The lowest BCUT2D eigenvalue weighted by Gasteiger charge is -2.34. The van der Waals surface area contributed by atoms with E-state index >= 15 is 0 Å². The van der Waals surface area contributed by atoms with Crippen molar-refractivity contribution in [1.82, 2.24) is 30.0 Å². The van der Waals surface area contributed by atoms with E-state index in [0.29, 0.717) is 25.6 Å². The highest BCUT2D eigenvalue weighted by atomic mass is 16.2. The van der Waals surface area contributed by atoms with Crippen LogP contribution in [-0.2, 0) is 11.3 Å². The molecule has 1 N–H and O–H groups in total. The maximum absolute atomic E-state index is 12.7. The average Bonchev–Trinajstić information content (AvgIpc) is 3.17. The highest BCUT2D eigenvalue weighted by molar-refractivity contribution is 5.76. The largest absolute Gasteiger partial charge is 0.338 e. The first kappa shape index (κ1) is 17.0. The van der Waals surface area contributed by atoms with Gasteiger partial charge in [-0.2, -0.15) is 5.10 Å². The number of nitrogens with zero attached hydrogens (tertiary/aromatic N) is 6. The number of piperazine rings is 1. The molecule has 0 bridgehead atoms. The molecule has 8 nitrogen and oxygen atoms in total. The predicted octanol–water partition coefficient (Wildman–Crippen LogP) is 0.489. The number of nitrogens with one attached hydrogen (secondary N) is 1. The smallest absolute Gasteiger partial charge is 0.244 e. The molecule has 26 heavy (non-hydrogen) atoms. The van der Waals surface area contributed by atoms with Gasteiger partial charge < -0.3 is 15.1 Å². The van der Waals surface area contributed by atoms with Gasteiger partial charge in [0.15, 0.2) is 0 Å². The van der Waals surface area contributed by atoms with Crippen molar-refractivity contribution in [3.63, 3.8) is 0 Å². The van der Waals surface area contributed by atoms with E-state index in [1.807, 2.05) is 21.8 Å². The molecule has 0 radical (unpaired) electrons. The normalized spacial score (nSPS) is 21.0. The maximum atomic E-state index is 12.7. The van der Waals surface area contributed by atoms with E-state index in [-0.39, 0.29) is 5.91 Å². The van der Waals surface area contributed by atoms with Crippen LogP contribution in [0.3, 0.4) is 0 Å². The van der Waals surface area contributed by atoms with Crippen molar-refractivity contribution in [2.75, 3.05) is 44.2 Å². The summed E-state index contributed by atoms with van der Waals surface area (Å²) in [6, 6.07) is 3.86. The van der Waals surface area contributed by atoms with Crippen LogP contribution in [-0.4, -0.2) is 69.8 Å². The van der Waals surface area contributed by atoms with Gasteiger partial charge >= 0.3 is 0 Å². The van der Waals surface area contributed by atoms with Crippen LogP contribution in [0.15, 0.2) is 30.7 Å². The molecule has 2 aliphatic rings. The number of carbonyl (C=O) groups excluding carboxylic acids is 1. The SMILES string of the molecule is O=C(Cn1nccc1[C@@H]1CCCNC1)N1CCN(c2ncccn2)CC1. The Morgan fingerprint density at radius 1 is 1.15 bits per heavy atom. The van der Waals surface area contributed by atoms with Crippen LogP contribution in [0.2, 0.25) is 0 Å². The Morgan fingerprint density at radius 3 is 2.69 bits per heavy atom. The van der Waals surface area contributed by atoms with Gasteiger partial charge in [0.05, 0.1) is 0 Å². The van der Waals surface area contributed by atoms with Crippen molar-refractivity contribution >= 4 is 11.9 Å². The lowest BCUT2D eigenvalue weighted by molar-refractivity contribution is -0.132. The monoisotopic (exact) mass is 355 g/mol. The van der Waals surface area contributed by atoms with E-state index in [4.69, 9.17) is 0 Å². The summed E-state index contributed by atoms with van der Waals surface area (Å²) in [5, 5.41) is 7.83. The zero-order valence-electron chi connectivity index (χ0n) is 14.9. The molecule has 2 aliphatic heterocycles. The Balaban J connectivity index is 1.34. The summed E-state index contributed by atoms with van der Waals surface area (Å²) in [5.41, 5.74) is 1.17. The molecular formula is C18H25N7O. The lowest BCUT2D eigenvalue weighted by atomic mass is 9.96. The molecule has 0 unspecified atom stereocenters. The fraction of sp³-hybridized carbons (Fsp3) is 0.556. The van der Waals surface area contributed by atoms with Crippen molar-refractivity contribution in [1.29, 1.82) is 0 Å². The van der Waals surface area contributed by atoms with Crippen LogP contribution in [0.25, 0.3) is 0 Å². The van der Waals surface area contributed by atoms with Gasteiger partial charge in [-0.25, -0.2) is 9.97 Å². The fourth-order valence-corrected chi connectivity index (χ4v) is 3.76. The molecule has 2 aromatic heterocycles. The van der Waals surface area contributed by atoms with Crippen molar-refractivity contribution in [2.45, 2.75) is 25.3 Å². The van der Waals surface area contributed by atoms with Crippen molar-refractivity contribution < 1.29 is 4.79 Å². The van der Waals surface area contributed by atoms with Gasteiger partial charge in [0.1, 0.15) is 6.54 Å². The van der Waals surface area contributed by atoms with E-state index in [0.717, 1.165) is 38.5 Å². The molecule has 2 fully saturated rings. The Morgan fingerprint density at radius 2 is 1.96 bits per heavy atom. The molecule has 0 aromatic carbocycles. The molecule has 0 aliphatic carbocycles. The minimum atomic E-state index is 0.132. The third kappa shape index (κ3) is 3.70. The molecule has 0 saturated carbocycles. The van der Waals surface area contributed by atoms with Gasteiger partial charge in [-0.15, -0.1) is 0 Å². The number of hydrogen-bond acceptors (Lipinski definition) is 6. The second-order valence-corrected chi connectivity index (χ2v) is 6.87. The summed E-state index contributed by atoms with van der Waals surface area (Å²) in [5.74, 6) is 1.32.